The minimum Gasteiger partial charge on any atom is -0.377 e. The van der Waals surface area contributed by atoms with Crippen LogP contribution in [-0.2, 0) is 13.6 Å². The second-order valence-electron chi connectivity index (χ2n) is 3.64. The molecule has 0 amide bonds. The lowest BCUT2D eigenvalue weighted by Gasteiger charge is -2.08. The van der Waals surface area contributed by atoms with E-state index in [4.69, 9.17) is 0 Å². The molecule has 1 heterocycles. The van der Waals surface area contributed by atoms with E-state index in [1.54, 1.807) is 11.0 Å². The molecule has 1 aromatic carbocycles. The van der Waals surface area contributed by atoms with Gasteiger partial charge in [0.05, 0.1) is 6.54 Å². The minimum absolute atomic E-state index is 0.665. The second-order valence-corrected chi connectivity index (χ2v) is 4.49. The number of rotatable bonds is 3. The van der Waals surface area contributed by atoms with Gasteiger partial charge in [-0.15, -0.1) is 0 Å². The van der Waals surface area contributed by atoms with Crippen molar-refractivity contribution in [1.82, 2.24) is 14.8 Å². The van der Waals surface area contributed by atoms with Crippen LogP contribution in [0.5, 0.6) is 0 Å². The van der Waals surface area contributed by atoms with Gasteiger partial charge in [-0.05, 0) is 40.5 Å². The Morgan fingerprint density at radius 3 is 2.88 bits per heavy atom. The number of aryl methyl sites for hydroxylation is 2. The summed E-state index contributed by atoms with van der Waals surface area (Å²) in [6.07, 6.45) is 1.56. The fraction of sp³-hybridized carbons (Fsp3) is 0.273. The molecule has 0 aliphatic carbocycles. The molecule has 4 nitrogen and oxygen atoms in total. The molecular weight excluding hydrogens is 268 g/mol. The van der Waals surface area contributed by atoms with Gasteiger partial charge < -0.3 is 5.32 Å². The topological polar surface area (TPSA) is 42.7 Å². The number of nitrogens with zero attached hydrogens (tertiary/aromatic N) is 3. The molecule has 0 unspecified atom stereocenters. The summed E-state index contributed by atoms with van der Waals surface area (Å²) in [7, 11) is 1.88. The van der Waals surface area contributed by atoms with E-state index < -0.39 is 0 Å². The molecule has 2 aromatic rings. The van der Waals surface area contributed by atoms with Crippen LogP contribution < -0.4 is 5.32 Å². The van der Waals surface area contributed by atoms with Gasteiger partial charge in [0.25, 0.3) is 0 Å². The zero-order valence-electron chi connectivity index (χ0n) is 9.24. The van der Waals surface area contributed by atoms with E-state index in [-0.39, 0.29) is 0 Å². The minimum atomic E-state index is 0.665. The van der Waals surface area contributed by atoms with Gasteiger partial charge in [0.15, 0.2) is 0 Å². The summed E-state index contributed by atoms with van der Waals surface area (Å²) < 4.78 is 2.82. The lowest BCUT2D eigenvalue weighted by Crippen LogP contribution is -2.07. The van der Waals surface area contributed by atoms with Crippen molar-refractivity contribution < 1.29 is 0 Å². The Bertz CT molecular complexity index is 492. The molecule has 0 fully saturated rings. The van der Waals surface area contributed by atoms with Crippen LogP contribution in [0.3, 0.4) is 0 Å². The van der Waals surface area contributed by atoms with Crippen LogP contribution in [0.1, 0.15) is 11.4 Å². The van der Waals surface area contributed by atoms with Gasteiger partial charge in [0.2, 0.25) is 0 Å². The molecule has 0 atom stereocenters. The first kappa shape index (κ1) is 11.1. The van der Waals surface area contributed by atoms with Crippen LogP contribution in [0.2, 0.25) is 0 Å². The van der Waals surface area contributed by atoms with Gasteiger partial charge >= 0.3 is 0 Å². The van der Waals surface area contributed by atoms with Crippen LogP contribution in [0.4, 0.5) is 5.69 Å². The van der Waals surface area contributed by atoms with Crippen molar-refractivity contribution in [3.63, 3.8) is 0 Å². The molecule has 2 rings (SSSR count). The molecule has 0 saturated carbocycles. The Hall–Kier alpha value is -1.36. The molecular formula is C11H13BrN4. The molecule has 1 N–H and O–H groups in total. The van der Waals surface area contributed by atoms with E-state index in [0.29, 0.717) is 6.54 Å². The molecule has 0 aliphatic heterocycles. The third-order valence-corrected chi connectivity index (χ3v) is 3.02. The van der Waals surface area contributed by atoms with Gasteiger partial charge in [-0.25, -0.2) is 4.98 Å². The van der Waals surface area contributed by atoms with Crippen molar-refractivity contribution in [2.75, 3.05) is 5.32 Å². The summed E-state index contributed by atoms with van der Waals surface area (Å²) in [6.45, 7) is 2.73. The molecule has 0 aliphatic rings. The predicted octanol–water partition coefficient (Wildman–Crippen LogP) is 2.50. The summed E-state index contributed by atoms with van der Waals surface area (Å²) in [4.78, 5) is 4.15. The van der Waals surface area contributed by atoms with Crippen molar-refractivity contribution >= 4 is 21.6 Å². The van der Waals surface area contributed by atoms with E-state index in [2.05, 4.69) is 56.5 Å². The maximum absolute atomic E-state index is 4.15. The largest absolute Gasteiger partial charge is 0.377 e. The van der Waals surface area contributed by atoms with Crippen LogP contribution in [0, 0.1) is 6.92 Å². The standard InChI is InChI=1S/C11H13BrN4/c1-8-3-4-10(9(12)5-8)13-6-11-14-7-15-16(11)2/h3-5,7,13H,6H2,1-2H3. The Morgan fingerprint density at radius 1 is 1.44 bits per heavy atom. The number of hydrogen-bond donors (Lipinski definition) is 1. The summed E-state index contributed by atoms with van der Waals surface area (Å²) >= 11 is 3.52. The lowest BCUT2D eigenvalue weighted by molar-refractivity contribution is 0.712. The maximum atomic E-state index is 4.15. The summed E-state index contributed by atoms with van der Waals surface area (Å²) in [5.74, 6) is 0.910. The van der Waals surface area contributed by atoms with Crippen molar-refractivity contribution in [1.29, 1.82) is 0 Å². The Labute approximate surface area is 103 Å². The maximum Gasteiger partial charge on any atom is 0.145 e. The Balaban J connectivity index is 2.08. The first-order chi connectivity index (χ1) is 7.66. The smallest absolute Gasteiger partial charge is 0.145 e. The van der Waals surface area contributed by atoms with Gasteiger partial charge in [0.1, 0.15) is 12.2 Å². The number of hydrogen-bond acceptors (Lipinski definition) is 3. The zero-order chi connectivity index (χ0) is 11.5. The van der Waals surface area contributed by atoms with Crippen LogP contribution in [-0.4, -0.2) is 14.8 Å². The highest BCUT2D eigenvalue weighted by atomic mass is 79.9. The van der Waals surface area contributed by atoms with Crippen LogP contribution in [0.15, 0.2) is 29.0 Å². The number of aromatic nitrogens is 3. The van der Waals surface area contributed by atoms with Gasteiger partial charge in [-0.1, -0.05) is 6.07 Å². The van der Waals surface area contributed by atoms with E-state index in [1.807, 2.05) is 7.05 Å². The van der Waals surface area contributed by atoms with Gasteiger partial charge in [-0.3, -0.25) is 4.68 Å². The van der Waals surface area contributed by atoms with Crippen LogP contribution >= 0.6 is 15.9 Å². The van der Waals surface area contributed by atoms with Gasteiger partial charge in [-0.2, -0.15) is 5.10 Å². The molecule has 84 valence electrons. The fourth-order valence-electron chi connectivity index (χ4n) is 1.42. The highest BCUT2D eigenvalue weighted by Crippen LogP contribution is 2.23. The molecule has 0 spiro atoms. The molecule has 5 heteroatoms. The van der Waals surface area contributed by atoms with E-state index in [0.717, 1.165) is 16.0 Å². The second kappa shape index (κ2) is 4.65. The first-order valence-electron chi connectivity index (χ1n) is 4.99. The summed E-state index contributed by atoms with van der Waals surface area (Å²) in [6, 6.07) is 6.21. The lowest BCUT2D eigenvalue weighted by atomic mass is 10.2. The van der Waals surface area contributed by atoms with Crippen molar-refractivity contribution in [3.8, 4) is 0 Å². The molecule has 16 heavy (non-hydrogen) atoms. The Kier molecular flexibility index (Phi) is 3.24. The highest BCUT2D eigenvalue weighted by Gasteiger charge is 2.02. The van der Waals surface area contributed by atoms with E-state index >= 15 is 0 Å². The quantitative estimate of drug-likeness (QED) is 0.940. The molecule has 0 saturated heterocycles. The summed E-state index contributed by atoms with van der Waals surface area (Å²) in [5, 5.41) is 7.33. The van der Waals surface area contributed by atoms with Crippen LogP contribution in [0.25, 0.3) is 0 Å². The number of anilines is 1. The normalized spacial score (nSPS) is 10.4. The number of benzene rings is 1. The van der Waals surface area contributed by atoms with Gasteiger partial charge in [0, 0.05) is 17.2 Å². The summed E-state index contributed by atoms with van der Waals surface area (Å²) in [5.41, 5.74) is 2.30. The third kappa shape index (κ3) is 2.41. The average molecular weight is 281 g/mol. The molecule has 0 radical (unpaired) electrons. The fourth-order valence-corrected chi connectivity index (χ4v) is 2.05. The monoisotopic (exact) mass is 280 g/mol. The third-order valence-electron chi connectivity index (χ3n) is 2.37. The first-order valence-corrected chi connectivity index (χ1v) is 5.79. The molecule has 1 aromatic heterocycles. The SMILES string of the molecule is Cc1ccc(NCc2ncnn2C)c(Br)c1. The average Bonchev–Trinajstić information content (AvgIpc) is 2.63. The Morgan fingerprint density at radius 2 is 2.25 bits per heavy atom. The number of nitrogens with one attached hydrogen (secondary N) is 1. The van der Waals surface area contributed by atoms with Crippen molar-refractivity contribution in [2.24, 2.45) is 7.05 Å². The van der Waals surface area contributed by atoms with E-state index in [1.165, 1.54) is 5.56 Å². The number of halogens is 1. The van der Waals surface area contributed by atoms with Crippen molar-refractivity contribution in [2.45, 2.75) is 13.5 Å². The molecule has 0 bridgehead atoms. The predicted molar refractivity (Wildman–Crippen MR) is 67.2 cm³/mol. The zero-order valence-corrected chi connectivity index (χ0v) is 10.8. The highest BCUT2D eigenvalue weighted by molar-refractivity contribution is 9.10. The van der Waals surface area contributed by atoms with Crippen molar-refractivity contribution in [3.05, 3.63) is 40.4 Å². The van der Waals surface area contributed by atoms with E-state index in [9.17, 15) is 0 Å².